The molecule has 21 heavy (non-hydrogen) atoms. The third kappa shape index (κ3) is 3.82. The Morgan fingerprint density at radius 1 is 1.38 bits per heavy atom. The minimum absolute atomic E-state index is 0.159. The molecule has 1 N–H and O–H groups in total. The summed E-state index contributed by atoms with van der Waals surface area (Å²) in [6.45, 7) is 8.46. The minimum atomic E-state index is -0.482. The van der Waals surface area contributed by atoms with E-state index < -0.39 is 11.6 Å². The van der Waals surface area contributed by atoms with Crippen LogP contribution in [0.1, 0.15) is 32.8 Å². The van der Waals surface area contributed by atoms with Crippen LogP contribution in [-0.2, 0) is 6.54 Å². The van der Waals surface area contributed by atoms with Crippen molar-refractivity contribution in [2.45, 2.75) is 45.8 Å². The van der Waals surface area contributed by atoms with Crippen molar-refractivity contribution in [3.05, 3.63) is 33.8 Å². The maximum atomic E-state index is 14.2. The van der Waals surface area contributed by atoms with Crippen LogP contribution in [0.25, 0.3) is 0 Å². The number of rotatable bonds is 4. The SMILES string of the molecule is CCC1CNC(C(C)C)CN1Cc1c(F)ccc(Br)c1F. The molecule has 1 heterocycles. The molecule has 0 aliphatic carbocycles. The molecule has 0 spiro atoms. The summed E-state index contributed by atoms with van der Waals surface area (Å²) >= 11 is 3.14. The van der Waals surface area contributed by atoms with Gasteiger partial charge in [0, 0.05) is 37.3 Å². The Morgan fingerprint density at radius 3 is 2.71 bits per heavy atom. The fraction of sp³-hybridized carbons (Fsp3) is 0.625. The third-order valence-electron chi connectivity index (χ3n) is 4.34. The smallest absolute Gasteiger partial charge is 0.144 e. The van der Waals surface area contributed by atoms with E-state index in [4.69, 9.17) is 0 Å². The second kappa shape index (κ2) is 7.16. The van der Waals surface area contributed by atoms with Crippen molar-refractivity contribution in [3.63, 3.8) is 0 Å². The van der Waals surface area contributed by atoms with Crippen LogP contribution in [0.5, 0.6) is 0 Å². The largest absolute Gasteiger partial charge is 0.311 e. The Bertz CT molecular complexity index is 493. The summed E-state index contributed by atoms with van der Waals surface area (Å²) in [7, 11) is 0. The molecule has 1 saturated heterocycles. The molecule has 1 aliphatic rings. The van der Waals surface area contributed by atoms with Gasteiger partial charge in [-0.15, -0.1) is 0 Å². The predicted molar refractivity (Wildman–Crippen MR) is 85.2 cm³/mol. The molecule has 2 rings (SSSR count). The Morgan fingerprint density at radius 2 is 2.10 bits per heavy atom. The van der Waals surface area contributed by atoms with E-state index in [0.29, 0.717) is 29.0 Å². The van der Waals surface area contributed by atoms with E-state index in [2.05, 4.69) is 46.9 Å². The van der Waals surface area contributed by atoms with Crippen molar-refractivity contribution in [2.75, 3.05) is 13.1 Å². The molecule has 2 nitrogen and oxygen atoms in total. The molecule has 118 valence electrons. The number of nitrogens with zero attached hydrogens (tertiary/aromatic N) is 1. The molecule has 0 bridgehead atoms. The highest BCUT2D eigenvalue weighted by Gasteiger charge is 2.29. The lowest BCUT2D eigenvalue weighted by atomic mass is 9.97. The number of piperazine rings is 1. The lowest BCUT2D eigenvalue weighted by Crippen LogP contribution is -2.57. The lowest BCUT2D eigenvalue weighted by molar-refractivity contribution is 0.101. The maximum Gasteiger partial charge on any atom is 0.144 e. The van der Waals surface area contributed by atoms with Crippen LogP contribution in [0, 0.1) is 17.6 Å². The second-order valence-corrected chi connectivity index (χ2v) is 6.93. The Balaban J connectivity index is 2.21. The fourth-order valence-corrected chi connectivity index (χ4v) is 3.21. The van der Waals surface area contributed by atoms with E-state index in [1.54, 1.807) is 0 Å². The van der Waals surface area contributed by atoms with Crippen molar-refractivity contribution in [1.82, 2.24) is 10.2 Å². The molecular weight excluding hydrogens is 338 g/mol. The van der Waals surface area contributed by atoms with Crippen LogP contribution in [-0.4, -0.2) is 30.1 Å². The zero-order valence-corrected chi connectivity index (χ0v) is 14.4. The molecule has 2 unspecified atom stereocenters. The van der Waals surface area contributed by atoms with Crippen molar-refractivity contribution >= 4 is 15.9 Å². The van der Waals surface area contributed by atoms with E-state index in [1.807, 2.05) is 0 Å². The minimum Gasteiger partial charge on any atom is -0.311 e. The maximum absolute atomic E-state index is 14.2. The second-order valence-electron chi connectivity index (χ2n) is 6.07. The Labute approximate surface area is 134 Å². The molecule has 1 aromatic carbocycles. The highest BCUT2D eigenvalue weighted by molar-refractivity contribution is 9.10. The fourth-order valence-electron chi connectivity index (χ4n) is 2.84. The molecule has 2 atom stereocenters. The molecule has 1 fully saturated rings. The molecule has 0 saturated carbocycles. The zero-order chi connectivity index (χ0) is 15.6. The van der Waals surface area contributed by atoms with Crippen LogP contribution in [0.4, 0.5) is 8.78 Å². The van der Waals surface area contributed by atoms with Gasteiger partial charge in [-0.05, 0) is 40.4 Å². The van der Waals surface area contributed by atoms with Gasteiger partial charge in [0.2, 0.25) is 0 Å². The molecule has 0 amide bonds. The van der Waals surface area contributed by atoms with Gasteiger partial charge < -0.3 is 5.32 Å². The van der Waals surface area contributed by atoms with Crippen molar-refractivity contribution in [2.24, 2.45) is 5.92 Å². The topological polar surface area (TPSA) is 15.3 Å². The normalized spacial score (nSPS) is 23.8. The monoisotopic (exact) mass is 360 g/mol. The van der Waals surface area contributed by atoms with Crippen molar-refractivity contribution in [3.8, 4) is 0 Å². The Kier molecular flexibility index (Phi) is 5.74. The summed E-state index contributed by atoms with van der Waals surface area (Å²) in [6, 6.07) is 3.43. The van der Waals surface area contributed by atoms with Gasteiger partial charge >= 0.3 is 0 Å². The number of halogens is 3. The summed E-state index contributed by atoms with van der Waals surface area (Å²) < 4.78 is 28.5. The molecular formula is C16H23BrF2N2. The first kappa shape index (κ1) is 16.8. The summed E-state index contributed by atoms with van der Waals surface area (Å²) in [5, 5.41) is 3.54. The predicted octanol–water partition coefficient (Wildman–Crippen LogP) is 3.94. The molecule has 5 heteroatoms. The quantitative estimate of drug-likeness (QED) is 0.818. The van der Waals surface area contributed by atoms with Gasteiger partial charge in [-0.2, -0.15) is 0 Å². The van der Waals surface area contributed by atoms with Gasteiger partial charge in [-0.25, -0.2) is 8.78 Å². The van der Waals surface area contributed by atoms with Gasteiger partial charge in [0.25, 0.3) is 0 Å². The lowest BCUT2D eigenvalue weighted by Gasteiger charge is -2.41. The highest BCUT2D eigenvalue weighted by Crippen LogP contribution is 2.25. The first-order chi connectivity index (χ1) is 9.93. The van der Waals surface area contributed by atoms with E-state index in [9.17, 15) is 8.78 Å². The van der Waals surface area contributed by atoms with Crippen molar-refractivity contribution in [1.29, 1.82) is 0 Å². The van der Waals surface area contributed by atoms with Gasteiger partial charge in [0.15, 0.2) is 0 Å². The van der Waals surface area contributed by atoms with Crippen LogP contribution in [0.3, 0.4) is 0 Å². The molecule has 1 aliphatic heterocycles. The van der Waals surface area contributed by atoms with Crippen LogP contribution >= 0.6 is 15.9 Å². The summed E-state index contributed by atoms with van der Waals surface area (Å²) in [5.41, 5.74) is 0.159. The molecule has 0 radical (unpaired) electrons. The summed E-state index contributed by atoms with van der Waals surface area (Å²) in [5.74, 6) is -0.447. The van der Waals surface area contributed by atoms with Crippen molar-refractivity contribution < 1.29 is 8.78 Å². The average molecular weight is 361 g/mol. The third-order valence-corrected chi connectivity index (χ3v) is 4.95. The summed E-state index contributed by atoms with van der Waals surface area (Å²) in [4.78, 5) is 2.20. The average Bonchev–Trinajstić information content (AvgIpc) is 2.47. The Hall–Kier alpha value is -0.520. The van der Waals surface area contributed by atoms with Crippen LogP contribution in [0.2, 0.25) is 0 Å². The molecule has 0 aromatic heterocycles. The zero-order valence-electron chi connectivity index (χ0n) is 12.8. The number of benzene rings is 1. The van der Waals surface area contributed by atoms with E-state index in [0.717, 1.165) is 19.5 Å². The van der Waals surface area contributed by atoms with E-state index in [1.165, 1.54) is 12.1 Å². The van der Waals surface area contributed by atoms with Crippen LogP contribution < -0.4 is 5.32 Å². The first-order valence-electron chi connectivity index (χ1n) is 7.53. The summed E-state index contributed by atoms with van der Waals surface area (Å²) in [6.07, 6.45) is 0.967. The van der Waals surface area contributed by atoms with E-state index in [-0.39, 0.29) is 5.56 Å². The number of nitrogens with one attached hydrogen (secondary N) is 1. The van der Waals surface area contributed by atoms with Crippen LogP contribution in [0.15, 0.2) is 16.6 Å². The van der Waals surface area contributed by atoms with Gasteiger partial charge in [-0.1, -0.05) is 20.8 Å². The standard InChI is InChI=1S/C16H23BrF2N2/c1-4-11-7-20-15(10(2)3)9-21(11)8-12-14(18)6-5-13(17)16(12)19/h5-6,10-11,15,20H,4,7-9H2,1-3H3. The molecule has 1 aromatic rings. The first-order valence-corrected chi connectivity index (χ1v) is 8.33. The van der Waals surface area contributed by atoms with Gasteiger partial charge in [0.05, 0.1) is 4.47 Å². The highest BCUT2D eigenvalue weighted by atomic mass is 79.9. The number of hydrogen-bond donors (Lipinski definition) is 1. The number of hydrogen-bond acceptors (Lipinski definition) is 2. The van der Waals surface area contributed by atoms with Gasteiger partial charge in [-0.3, -0.25) is 4.90 Å². The van der Waals surface area contributed by atoms with E-state index >= 15 is 0 Å². The van der Waals surface area contributed by atoms with Gasteiger partial charge in [0.1, 0.15) is 11.6 Å².